The van der Waals surface area contributed by atoms with Gasteiger partial charge < -0.3 is 33.8 Å². The summed E-state index contributed by atoms with van der Waals surface area (Å²) in [5.74, 6) is -0.647. The van der Waals surface area contributed by atoms with Gasteiger partial charge in [0.2, 0.25) is 0 Å². The molecule has 0 aliphatic heterocycles. The summed E-state index contributed by atoms with van der Waals surface area (Å²) in [5, 5.41) is 10.5. The van der Waals surface area contributed by atoms with Crippen molar-refractivity contribution >= 4 is 39.5 Å². The summed E-state index contributed by atoms with van der Waals surface area (Å²) >= 11 is 0. The van der Waals surface area contributed by atoms with E-state index in [1.807, 2.05) is 0 Å². The first-order valence-electron chi connectivity index (χ1n) is 33.6. The summed E-state index contributed by atoms with van der Waals surface area (Å²) in [6.07, 6.45) is 38.9. The van der Waals surface area contributed by atoms with Crippen LogP contribution in [0.4, 0.5) is 0 Å². The van der Waals surface area contributed by atoms with Crippen molar-refractivity contribution in [3.63, 3.8) is 0 Å². The van der Waals surface area contributed by atoms with Gasteiger partial charge in [-0.05, 0) is 37.5 Å². The van der Waals surface area contributed by atoms with Crippen molar-refractivity contribution in [1.29, 1.82) is 0 Å². The van der Waals surface area contributed by atoms with Gasteiger partial charge in [0.15, 0.2) is 12.2 Å². The van der Waals surface area contributed by atoms with Crippen LogP contribution in [0, 0.1) is 11.8 Å². The Kier molecular flexibility index (Phi) is 55.2. The van der Waals surface area contributed by atoms with Gasteiger partial charge in [0.25, 0.3) is 0 Å². The van der Waals surface area contributed by atoms with Gasteiger partial charge in [0, 0.05) is 25.7 Å². The van der Waals surface area contributed by atoms with Crippen molar-refractivity contribution in [2.75, 3.05) is 39.6 Å². The van der Waals surface area contributed by atoms with Gasteiger partial charge in [0.1, 0.15) is 19.3 Å². The van der Waals surface area contributed by atoms with Crippen molar-refractivity contribution in [3.05, 3.63) is 0 Å². The topological polar surface area (TPSA) is 237 Å². The molecule has 19 heteroatoms. The second-order valence-corrected chi connectivity index (χ2v) is 26.5. The number of hydrogen-bond acceptors (Lipinski definition) is 15. The molecular weight excluding hydrogens is 1100 g/mol. The highest BCUT2D eigenvalue weighted by Crippen LogP contribution is 2.45. The van der Waals surface area contributed by atoms with Crippen molar-refractivity contribution in [3.8, 4) is 0 Å². The molecule has 492 valence electrons. The Hall–Kier alpha value is -1.94. The monoisotopic (exact) mass is 1230 g/mol. The van der Waals surface area contributed by atoms with Crippen LogP contribution < -0.4 is 0 Å². The standard InChI is InChI=1S/C64H124O17P2/c1-7-11-13-15-17-19-20-21-23-28-35-41-47-62(67)75-52-59(80-63(68)48-42-36-29-25-24-26-32-38-44-56(5)9-3)54-78-82(70,71)76-50-58(65)51-77-83(72,73)79-55-60(53-74-61(66)46-40-34-27-22-18-16-14-12-8-2)81-64(69)49-43-37-31-30-33-39-45-57(6)10-4/h56-60,65H,7-55H2,1-6H3,(H,70,71)(H,72,73)/t56?,57?,58-,59-,60-/m1/s1. The molecule has 0 amide bonds. The molecule has 0 aliphatic carbocycles. The molecule has 0 aromatic rings. The first-order chi connectivity index (χ1) is 39.9. The maximum atomic E-state index is 13.0. The van der Waals surface area contributed by atoms with Crippen LogP contribution in [-0.4, -0.2) is 96.7 Å². The fraction of sp³-hybridized carbons (Fsp3) is 0.938. The Morgan fingerprint density at radius 1 is 0.337 bits per heavy atom. The van der Waals surface area contributed by atoms with E-state index in [-0.39, 0.29) is 25.7 Å². The Morgan fingerprint density at radius 3 is 0.855 bits per heavy atom. The zero-order valence-corrected chi connectivity index (χ0v) is 55.3. The van der Waals surface area contributed by atoms with Crippen molar-refractivity contribution < 1.29 is 80.2 Å². The zero-order chi connectivity index (χ0) is 61.5. The van der Waals surface area contributed by atoms with E-state index < -0.39 is 97.5 Å². The van der Waals surface area contributed by atoms with E-state index in [4.69, 9.17) is 37.0 Å². The van der Waals surface area contributed by atoms with E-state index in [1.54, 1.807) is 0 Å². The lowest BCUT2D eigenvalue weighted by Gasteiger charge is -2.21. The number of phosphoric acid groups is 2. The smallest absolute Gasteiger partial charge is 0.462 e. The van der Waals surface area contributed by atoms with Gasteiger partial charge >= 0.3 is 39.5 Å². The van der Waals surface area contributed by atoms with Gasteiger partial charge in [-0.3, -0.25) is 37.3 Å². The molecule has 0 spiro atoms. The maximum absolute atomic E-state index is 13.0. The number of esters is 4. The number of aliphatic hydroxyl groups excluding tert-OH is 1. The summed E-state index contributed by atoms with van der Waals surface area (Å²) in [6, 6.07) is 0. The molecule has 3 N–H and O–H groups in total. The van der Waals surface area contributed by atoms with E-state index in [1.165, 1.54) is 135 Å². The molecule has 0 radical (unpaired) electrons. The summed E-state index contributed by atoms with van der Waals surface area (Å²) in [7, 11) is -9.89. The minimum absolute atomic E-state index is 0.103. The minimum Gasteiger partial charge on any atom is -0.462 e. The molecule has 0 saturated carbocycles. The molecule has 0 rings (SSSR count). The van der Waals surface area contributed by atoms with Crippen LogP contribution in [0.1, 0.15) is 318 Å². The molecule has 0 aromatic heterocycles. The Bertz CT molecular complexity index is 1640. The molecule has 0 aromatic carbocycles. The highest BCUT2D eigenvalue weighted by molar-refractivity contribution is 7.47. The van der Waals surface area contributed by atoms with E-state index in [0.29, 0.717) is 25.7 Å². The summed E-state index contributed by atoms with van der Waals surface area (Å²) in [6.45, 7) is 9.43. The van der Waals surface area contributed by atoms with E-state index >= 15 is 0 Å². The van der Waals surface area contributed by atoms with Crippen LogP contribution in [-0.2, 0) is 65.4 Å². The molecule has 17 nitrogen and oxygen atoms in total. The third kappa shape index (κ3) is 56.3. The molecule has 0 saturated heterocycles. The maximum Gasteiger partial charge on any atom is 0.472 e. The predicted octanol–water partition coefficient (Wildman–Crippen LogP) is 17.7. The fourth-order valence-electron chi connectivity index (χ4n) is 9.47. The lowest BCUT2D eigenvalue weighted by Crippen LogP contribution is -2.30. The number of phosphoric ester groups is 2. The minimum atomic E-state index is -4.94. The number of unbranched alkanes of at least 4 members (excludes halogenated alkanes) is 31. The first-order valence-corrected chi connectivity index (χ1v) is 36.6. The largest absolute Gasteiger partial charge is 0.472 e. The Labute approximate surface area is 505 Å². The average molecular weight is 1230 g/mol. The van der Waals surface area contributed by atoms with Gasteiger partial charge in [-0.2, -0.15) is 0 Å². The third-order valence-corrected chi connectivity index (χ3v) is 17.3. The second-order valence-electron chi connectivity index (χ2n) is 23.6. The summed E-state index contributed by atoms with van der Waals surface area (Å²) < 4.78 is 68.0. The van der Waals surface area contributed by atoms with Gasteiger partial charge in [0.05, 0.1) is 26.4 Å². The summed E-state index contributed by atoms with van der Waals surface area (Å²) in [4.78, 5) is 72.2. The predicted molar refractivity (Wildman–Crippen MR) is 331 cm³/mol. The van der Waals surface area contributed by atoms with Crippen molar-refractivity contribution in [1.82, 2.24) is 0 Å². The van der Waals surface area contributed by atoms with E-state index in [2.05, 4.69) is 41.5 Å². The van der Waals surface area contributed by atoms with Gasteiger partial charge in [-0.25, -0.2) is 9.13 Å². The van der Waals surface area contributed by atoms with E-state index in [9.17, 15) is 43.2 Å². The molecule has 0 fully saturated rings. The lowest BCUT2D eigenvalue weighted by molar-refractivity contribution is -0.161. The summed E-state index contributed by atoms with van der Waals surface area (Å²) in [5.41, 5.74) is 0. The highest BCUT2D eigenvalue weighted by atomic mass is 31.2. The Morgan fingerprint density at radius 2 is 0.578 bits per heavy atom. The zero-order valence-electron chi connectivity index (χ0n) is 53.5. The molecule has 83 heavy (non-hydrogen) atoms. The van der Waals surface area contributed by atoms with Crippen LogP contribution in [0.15, 0.2) is 0 Å². The quantitative estimate of drug-likeness (QED) is 0.0222. The fourth-order valence-corrected chi connectivity index (χ4v) is 11.0. The van der Waals surface area contributed by atoms with Crippen molar-refractivity contribution in [2.45, 2.75) is 336 Å². The van der Waals surface area contributed by atoms with Crippen LogP contribution in [0.2, 0.25) is 0 Å². The lowest BCUT2D eigenvalue weighted by atomic mass is 9.99. The Balaban J connectivity index is 5.25. The van der Waals surface area contributed by atoms with Crippen LogP contribution in [0.3, 0.4) is 0 Å². The number of carbonyl (C=O) groups excluding carboxylic acids is 4. The molecule has 4 unspecified atom stereocenters. The number of ether oxygens (including phenoxy) is 4. The molecular formula is C64H124O17P2. The second kappa shape index (κ2) is 56.6. The number of aliphatic hydroxyl groups is 1. The normalized spacial score (nSPS) is 15.0. The number of rotatable bonds is 63. The van der Waals surface area contributed by atoms with Crippen LogP contribution >= 0.6 is 15.6 Å². The SMILES string of the molecule is CCCCCCCCCCCCCCC(=O)OC[C@H](COP(=O)(O)OC[C@@H](O)COP(=O)(O)OC[C@@H](COC(=O)CCCCCCCCCCC)OC(=O)CCCCCCCCC(C)CC)OC(=O)CCCCCCCCCCC(C)CC. The van der Waals surface area contributed by atoms with Crippen LogP contribution in [0.25, 0.3) is 0 Å². The van der Waals surface area contributed by atoms with Crippen molar-refractivity contribution in [2.24, 2.45) is 11.8 Å². The molecule has 0 aliphatic rings. The first kappa shape index (κ1) is 81.1. The number of hydrogen-bond donors (Lipinski definition) is 3. The molecule has 7 atom stereocenters. The number of carbonyl (C=O) groups is 4. The average Bonchev–Trinajstić information content (AvgIpc) is 3.46. The van der Waals surface area contributed by atoms with Gasteiger partial charge in [-0.15, -0.1) is 0 Å². The molecule has 0 heterocycles. The molecule has 0 bridgehead atoms. The highest BCUT2D eigenvalue weighted by Gasteiger charge is 2.30. The van der Waals surface area contributed by atoms with E-state index in [0.717, 1.165) is 102 Å². The third-order valence-electron chi connectivity index (χ3n) is 15.4. The van der Waals surface area contributed by atoms with Gasteiger partial charge in [-0.1, -0.05) is 266 Å². The van der Waals surface area contributed by atoms with Crippen LogP contribution in [0.5, 0.6) is 0 Å².